The zero-order valence-electron chi connectivity index (χ0n) is 11.9. The predicted octanol–water partition coefficient (Wildman–Crippen LogP) is 2.51. The lowest BCUT2D eigenvalue weighted by atomic mass is 9.98. The summed E-state index contributed by atoms with van der Waals surface area (Å²) < 4.78 is 10.9. The molecule has 1 heterocycles. The Hall–Kier alpha value is -1.42. The van der Waals surface area contributed by atoms with Gasteiger partial charge in [-0.05, 0) is 50.9 Å². The summed E-state index contributed by atoms with van der Waals surface area (Å²) in [6.07, 6.45) is 2.50. The smallest absolute Gasteiger partial charge is 0.163 e. The van der Waals surface area contributed by atoms with Crippen molar-refractivity contribution in [3.8, 4) is 11.5 Å². The standard InChI is InChI=1S/C15H24N2O2/c1-3-19-15-10-13(4-5-14(15)18-2)17-11-12-6-8-16-9-7-12/h4-5,10,12,16-17H,3,6-9,11H2,1-2H3. The number of benzene rings is 1. The molecule has 0 spiro atoms. The Bertz CT molecular complexity index is 390. The highest BCUT2D eigenvalue weighted by Crippen LogP contribution is 2.30. The molecule has 1 aliphatic rings. The Morgan fingerprint density at radius 3 is 2.74 bits per heavy atom. The number of rotatable bonds is 6. The molecule has 0 amide bonds. The van der Waals surface area contributed by atoms with Gasteiger partial charge < -0.3 is 20.1 Å². The van der Waals surface area contributed by atoms with Crippen LogP contribution in [0.4, 0.5) is 5.69 Å². The third-order valence-corrected chi connectivity index (χ3v) is 3.52. The second-order valence-electron chi connectivity index (χ2n) is 4.87. The van der Waals surface area contributed by atoms with Crippen LogP contribution in [0.25, 0.3) is 0 Å². The molecule has 0 unspecified atom stereocenters. The van der Waals surface area contributed by atoms with Crippen molar-refractivity contribution in [3.63, 3.8) is 0 Å². The Kier molecular flexibility index (Phi) is 5.33. The first-order valence-corrected chi connectivity index (χ1v) is 7.09. The minimum atomic E-state index is 0.647. The van der Waals surface area contributed by atoms with Gasteiger partial charge in [0.1, 0.15) is 0 Å². The lowest BCUT2D eigenvalue weighted by Gasteiger charge is -2.23. The van der Waals surface area contributed by atoms with Gasteiger partial charge in [0.15, 0.2) is 11.5 Å². The first-order chi connectivity index (χ1) is 9.33. The fourth-order valence-electron chi connectivity index (χ4n) is 2.40. The van der Waals surface area contributed by atoms with Gasteiger partial charge in [-0.15, -0.1) is 0 Å². The van der Waals surface area contributed by atoms with Crippen molar-refractivity contribution in [2.45, 2.75) is 19.8 Å². The summed E-state index contributed by atoms with van der Waals surface area (Å²) in [6, 6.07) is 6.02. The number of hydrogen-bond acceptors (Lipinski definition) is 4. The van der Waals surface area contributed by atoms with Gasteiger partial charge >= 0.3 is 0 Å². The van der Waals surface area contributed by atoms with Gasteiger partial charge in [0.2, 0.25) is 0 Å². The zero-order valence-corrected chi connectivity index (χ0v) is 11.9. The fourth-order valence-corrected chi connectivity index (χ4v) is 2.40. The molecule has 0 saturated carbocycles. The van der Waals surface area contributed by atoms with E-state index in [0.717, 1.165) is 42.7 Å². The SMILES string of the molecule is CCOc1cc(NCC2CCNCC2)ccc1OC. The van der Waals surface area contributed by atoms with E-state index < -0.39 is 0 Å². The van der Waals surface area contributed by atoms with Crippen molar-refractivity contribution in [2.24, 2.45) is 5.92 Å². The molecule has 2 N–H and O–H groups in total. The van der Waals surface area contributed by atoms with Gasteiger partial charge in [0, 0.05) is 18.3 Å². The molecule has 0 aromatic heterocycles. The topological polar surface area (TPSA) is 42.5 Å². The highest BCUT2D eigenvalue weighted by molar-refractivity contribution is 5.54. The lowest BCUT2D eigenvalue weighted by Crippen LogP contribution is -2.31. The minimum Gasteiger partial charge on any atom is -0.493 e. The summed E-state index contributed by atoms with van der Waals surface area (Å²) >= 11 is 0. The van der Waals surface area contributed by atoms with Crippen LogP contribution in [0.2, 0.25) is 0 Å². The molecule has 0 radical (unpaired) electrons. The van der Waals surface area contributed by atoms with Crippen molar-refractivity contribution < 1.29 is 9.47 Å². The quantitative estimate of drug-likeness (QED) is 0.828. The molecule has 1 fully saturated rings. The minimum absolute atomic E-state index is 0.647. The highest BCUT2D eigenvalue weighted by Gasteiger charge is 2.13. The van der Waals surface area contributed by atoms with Crippen molar-refractivity contribution in [1.29, 1.82) is 0 Å². The third-order valence-electron chi connectivity index (χ3n) is 3.52. The van der Waals surface area contributed by atoms with E-state index in [0.29, 0.717) is 6.61 Å². The maximum absolute atomic E-state index is 5.59. The summed E-state index contributed by atoms with van der Waals surface area (Å²) in [5, 5.41) is 6.89. The average Bonchev–Trinajstić information content (AvgIpc) is 2.47. The molecule has 106 valence electrons. The van der Waals surface area contributed by atoms with Crippen molar-refractivity contribution in [3.05, 3.63) is 18.2 Å². The Morgan fingerprint density at radius 2 is 2.05 bits per heavy atom. The Balaban J connectivity index is 1.93. The van der Waals surface area contributed by atoms with E-state index in [1.165, 1.54) is 12.8 Å². The van der Waals surface area contributed by atoms with Gasteiger partial charge in [0.25, 0.3) is 0 Å². The number of ether oxygens (including phenoxy) is 2. The Labute approximate surface area is 115 Å². The average molecular weight is 264 g/mol. The molecule has 2 rings (SSSR count). The van der Waals surface area contributed by atoms with Crippen LogP contribution in [0.5, 0.6) is 11.5 Å². The first kappa shape index (κ1) is 14.0. The van der Waals surface area contributed by atoms with Crippen LogP contribution in [0.1, 0.15) is 19.8 Å². The van der Waals surface area contributed by atoms with Crippen molar-refractivity contribution >= 4 is 5.69 Å². The first-order valence-electron chi connectivity index (χ1n) is 7.09. The zero-order chi connectivity index (χ0) is 13.5. The molecule has 1 aliphatic heterocycles. The van der Waals surface area contributed by atoms with E-state index in [1.807, 2.05) is 25.1 Å². The van der Waals surface area contributed by atoms with Crippen LogP contribution >= 0.6 is 0 Å². The van der Waals surface area contributed by atoms with E-state index in [2.05, 4.69) is 10.6 Å². The molecule has 19 heavy (non-hydrogen) atoms. The van der Waals surface area contributed by atoms with Crippen LogP contribution in [-0.2, 0) is 0 Å². The molecule has 4 nitrogen and oxygen atoms in total. The molecular formula is C15H24N2O2. The molecule has 4 heteroatoms. The normalized spacial score (nSPS) is 16.1. The number of methoxy groups -OCH3 is 1. The second-order valence-corrected chi connectivity index (χ2v) is 4.87. The number of nitrogens with one attached hydrogen (secondary N) is 2. The number of piperidine rings is 1. The van der Waals surface area contributed by atoms with Crippen LogP contribution in [0.15, 0.2) is 18.2 Å². The highest BCUT2D eigenvalue weighted by atomic mass is 16.5. The fraction of sp³-hybridized carbons (Fsp3) is 0.600. The molecular weight excluding hydrogens is 240 g/mol. The Morgan fingerprint density at radius 1 is 1.26 bits per heavy atom. The van der Waals surface area contributed by atoms with Crippen molar-refractivity contribution in [1.82, 2.24) is 5.32 Å². The van der Waals surface area contributed by atoms with Crippen molar-refractivity contribution in [2.75, 3.05) is 38.7 Å². The maximum Gasteiger partial charge on any atom is 0.163 e. The summed E-state index contributed by atoms with van der Waals surface area (Å²) in [5.41, 5.74) is 1.10. The van der Waals surface area contributed by atoms with Crippen LogP contribution < -0.4 is 20.1 Å². The lowest BCUT2D eigenvalue weighted by molar-refractivity contribution is 0.311. The molecule has 1 saturated heterocycles. The number of anilines is 1. The summed E-state index contributed by atoms with van der Waals surface area (Å²) in [6.45, 7) is 5.93. The maximum atomic E-state index is 5.59. The second kappa shape index (κ2) is 7.24. The molecule has 0 atom stereocenters. The summed E-state index contributed by atoms with van der Waals surface area (Å²) in [7, 11) is 1.67. The third kappa shape index (κ3) is 4.03. The van der Waals surface area contributed by atoms with Gasteiger partial charge in [-0.25, -0.2) is 0 Å². The molecule has 1 aromatic rings. The van der Waals surface area contributed by atoms with E-state index >= 15 is 0 Å². The van der Waals surface area contributed by atoms with Gasteiger partial charge in [-0.2, -0.15) is 0 Å². The summed E-state index contributed by atoms with van der Waals surface area (Å²) in [4.78, 5) is 0. The largest absolute Gasteiger partial charge is 0.493 e. The van der Waals surface area contributed by atoms with Crippen LogP contribution in [0, 0.1) is 5.92 Å². The van der Waals surface area contributed by atoms with Gasteiger partial charge in [0.05, 0.1) is 13.7 Å². The van der Waals surface area contributed by atoms with Gasteiger partial charge in [-0.1, -0.05) is 0 Å². The summed E-state index contributed by atoms with van der Waals surface area (Å²) in [5.74, 6) is 2.36. The van der Waals surface area contributed by atoms with E-state index in [9.17, 15) is 0 Å². The van der Waals surface area contributed by atoms with Crippen LogP contribution in [-0.4, -0.2) is 33.4 Å². The molecule has 1 aromatic carbocycles. The van der Waals surface area contributed by atoms with E-state index in [1.54, 1.807) is 7.11 Å². The van der Waals surface area contributed by atoms with Gasteiger partial charge in [-0.3, -0.25) is 0 Å². The molecule has 0 aliphatic carbocycles. The van der Waals surface area contributed by atoms with E-state index in [-0.39, 0.29) is 0 Å². The van der Waals surface area contributed by atoms with Crippen LogP contribution in [0.3, 0.4) is 0 Å². The van der Waals surface area contributed by atoms with E-state index in [4.69, 9.17) is 9.47 Å². The predicted molar refractivity (Wildman–Crippen MR) is 78.2 cm³/mol. The number of hydrogen-bond donors (Lipinski definition) is 2. The molecule has 0 bridgehead atoms. The monoisotopic (exact) mass is 264 g/mol.